The predicted molar refractivity (Wildman–Crippen MR) is 75.2 cm³/mol. The molecular formula is C16H18N2. The van der Waals surface area contributed by atoms with E-state index in [-0.39, 0.29) is 0 Å². The first-order chi connectivity index (χ1) is 8.88. The van der Waals surface area contributed by atoms with Gasteiger partial charge in [0.15, 0.2) is 0 Å². The molecule has 0 spiro atoms. The maximum absolute atomic E-state index is 4.97. The molecule has 2 aromatic rings. The lowest BCUT2D eigenvalue weighted by Crippen LogP contribution is -2.24. The maximum Gasteiger partial charge on any atom is 0.0726 e. The fourth-order valence-corrected chi connectivity index (χ4v) is 3.90. The normalized spacial score (nSPS) is 25.2. The molecule has 2 heteroatoms. The van der Waals surface area contributed by atoms with Crippen molar-refractivity contribution in [3.8, 4) is 0 Å². The van der Waals surface area contributed by atoms with Crippen molar-refractivity contribution in [3.05, 3.63) is 35.5 Å². The van der Waals surface area contributed by atoms with Gasteiger partial charge in [-0.1, -0.05) is 18.2 Å². The van der Waals surface area contributed by atoms with Crippen LogP contribution in [-0.2, 0) is 0 Å². The lowest BCUT2D eigenvalue weighted by Gasteiger charge is -2.38. The largest absolute Gasteiger partial charge is 0.387 e. The van der Waals surface area contributed by atoms with Crippen LogP contribution in [0.15, 0.2) is 24.3 Å². The number of nitrogens with one attached hydrogen (secondary N) is 1. The van der Waals surface area contributed by atoms with Crippen LogP contribution < -0.4 is 5.32 Å². The summed E-state index contributed by atoms with van der Waals surface area (Å²) in [5, 5.41) is 4.73. The molecule has 1 saturated carbocycles. The van der Waals surface area contributed by atoms with Crippen molar-refractivity contribution in [1.29, 1.82) is 0 Å². The van der Waals surface area contributed by atoms with Gasteiger partial charge in [-0.2, -0.15) is 0 Å². The van der Waals surface area contributed by atoms with Crippen molar-refractivity contribution in [2.45, 2.75) is 37.5 Å². The number of hydrogen-bond donors (Lipinski definition) is 1. The van der Waals surface area contributed by atoms with Crippen LogP contribution in [0.4, 0.5) is 5.69 Å². The number of anilines is 1. The highest BCUT2D eigenvalue weighted by molar-refractivity contribution is 5.94. The molecule has 0 amide bonds. The summed E-state index contributed by atoms with van der Waals surface area (Å²) in [6.07, 6.45) is 5.39. The molecule has 1 aromatic heterocycles. The molecule has 0 unspecified atom stereocenters. The van der Waals surface area contributed by atoms with Gasteiger partial charge in [-0.25, -0.2) is 0 Å². The Hall–Kier alpha value is -1.57. The van der Waals surface area contributed by atoms with E-state index in [1.165, 1.54) is 48.0 Å². The van der Waals surface area contributed by atoms with E-state index in [0.717, 1.165) is 11.4 Å². The fraction of sp³-hybridized carbons (Fsp3) is 0.438. The standard InChI is InChI=1S/C16H18N2/c1-17-16-12-4-2-3-5-13(12)18-15-11-8-6-10(7-9-11)14(15)16/h2-5,10-11H,6-9H2,1H3,(H,17,18). The topological polar surface area (TPSA) is 24.9 Å². The van der Waals surface area contributed by atoms with Gasteiger partial charge in [0.05, 0.1) is 5.52 Å². The van der Waals surface area contributed by atoms with E-state index >= 15 is 0 Å². The molecular weight excluding hydrogens is 220 g/mol. The maximum atomic E-state index is 4.97. The minimum Gasteiger partial charge on any atom is -0.387 e. The van der Waals surface area contributed by atoms with Crippen molar-refractivity contribution in [2.75, 3.05) is 12.4 Å². The average molecular weight is 238 g/mol. The minimum absolute atomic E-state index is 0.710. The Morgan fingerprint density at radius 2 is 1.78 bits per heavy atom. The zero-order valence-corrected chi connectivity index (χ0v) is 10.7. The first kappa shape index (κ1) is 10.4. The molecule has 2 nitrogen and oxygen atoms in total. The van der Waals surface area contributed by atoms with Crippen LogP contribution in [0.5, 0.6) is 0 Å². The van der Waals surface area contributed by atoms with Gasteiger partial charge in [-0.05, 0) is 37.7 Å². The molecule has 1 heterocycles. The third kappa shape index (κ3) is 1.26. The van der Waals surface area contributed by atoms with Crippen molar-refractivity contribution in [1.82, 2.24) is 4.98 Å². The Bertz CT molecular complexity index is 610. The van der Waals surface area contributed by atoms with Crippen LogP contribution in [0.3, 0.4) is 0 Å². The molecule has 92 valence electrons. The van der Waals surface area contributed by atoms with E-state index in [9.17, 15) is 0 Å². The van der Waals surface area contributed by atoms with Gasteiger partial charge in [0.2, 0.25) is 0 Å². The third-order valence-corrected chi connectivity index (χ3v) is 4.73. The SMILES string of the molecule is CNc1c2c(nc3ccccc13)C1CCC2CC1. The summed E-state index contributed by atoms with van der Waals surface area (Å²) in [5.74, 6) is 1.45. The lowest BCUT2D eigenvalue weighted by molar-refractivity contribution is 0.353. The molecule has 0 aliphatic heterocycles. The molecule has 3 aliphatic carbocycles. The summed E-state index contributed by atoms with van der Waals surface area (Å²) in [7, 11) is 2.05. The van der Waals surface area contributed by atoms with E-state index < -0.39 is 0 Å². The molecule has 1 aromatic carbocycles. The summed E-state index contributed by atoms with van der Waals surface area (Å²) in [6.45, 7) is 0. The summed E-state index contributed by atoms with van der Waals surface area (Å²) < 4.78 is 0. The first-order valence-corrected chi connectivity index (χ1v) is 6.98. The van der Waals surface area contributed by atoms with Gasteiger partial charge >= 0.3 is 0 Å². The second-order valence-electron chi connectivity index (χ2n) is 5.60. The van der Waals surface area contributed by atoms with Gasteiger partial charge in [0.1, 0.15) is 0 Å². The van der Waals surface area contributed by atoms with Gasteiger partial charge in [0, 0.05) is 35.3 Å². The number of aromatic nitrogens is 1. The summed E-state index contributed by atoms with van der Waals surface area (Å²) in [5.41, 5.74) is 5.40. The number of fused-ring (bicyclic) bond motifs is 3. The Labute approximate surface area is 107 Å². The predicted octanol–water partition coefficient (Wildman–Crippen LogP) is 4.03. The Balaban J connectivity index is 2.09. The highest BCUT2D eigenvalue weighted by Crippen LogP contribution is 2.52. The minimum atomic E-state index is 0.710. The zero-order chi connectivity index (χ0) is 12.1. The molecule has 0 atom stereocenters. The smallest absolute Gasteiger partial charge is 0.0726 e. The molecule has 18 heavy (non-hydrogen) atoms. The second kappa shape index (κ2) is 3.71. The van der Waals surface area contributed by atoms with Crippen molar-refractivity contribution < 1.29 is 0 Å². The van der Waals surface area contributed by atoms with E-state index in [2.05, 4.69) is 29.6 Å². The quantitative estimate of drug-likeness (QED) is 0.811. The van der Waals surface area contributed by atoms with Crippen LogP contribution in [0, 0.1) is 0 Å². The van der Waals surface area contributed by atoms with E-state index in [1.807, 2.05) is 7.05 Å². The van der Waals surface area contributed by atoms with Crippen LogP contribution in [0.2, 0.25) is 0 Å². The lowest BCUT2D eigenvalue weighted by atomic mass is 9.68. The average Bonchev–Trinajstić information content (AvgIpc) is 2.46. The highest BCUT2D eigenvalue weighted by atomic mass is 14.9. The zero-order valence-electron chi connectivity index (χ0n) is 10.7. The van der Waals surface area contributed by atoms with Gasteiger partial charge in [-0.3, -0.25) is 4.98 Å². The molecule has 5 rings (SSSR count). The fourth-order valence-electron chi connectivity index (χ4n) is 3.90. The Morgan fingerprint density at radius 1 is 1.06 bits per heavy atom. The highest BCUT2D eigenvalue weighted by Gasteiger charge is 2.36. The van der Waals surface area contributed by atoms with Gasteiger partial charge in [0.25, 0.3) is 0 Å². The Morgan fingerprint density at radius 3 is 2.56 bits per heavy atom. The number of benzene rings is 1. The molecule has 1 N–H and O–H groups in total. The van der Waals surface area contributed by atoms with Crippen molar-refractivity contribution in [3.63, 3.8) is 0 Å². The number of rotatable bonds is 1. The van der Waals surface area contributed by atoms with Crippen molar-refractivity contribution in [2.24, 2.45) is 0 Å². The van der Waals surface area contributed by atoms with E-state index in [0.29, 0.717) is 5.92 Å². The molecule has 3 aliphatic rings. The van der Waals surface area contributed by atoms with Gasteiger partial charge in [-0.15, -0.1) is 0 Å². The second-order valence-corrected chi connectivity index (χ2v) is 5.60. The number of nitrogens with zero attached hydrogens (tertiary/aromatic N) is 1. The van der Waals surface area contributed by atoms with Crippen molar-refractivity contribution >= 4 is 16.6 Å². The molecule has 0 saturated heterocycles. The summed E-state index contributed by atoms with van der Waals surface area (Å²) in [4.78, 5) is 4.97. The summed E-state index contributed by atoms with van der Waals surface area (Å²) >= 11 is 0. The van der Waals surface area contributed by atoms with Crippen LogP contribution in [-0.4, -0.2) is 12.0 Å². The summed E-state index contributed by atoms with van der Waals surface area (Å²) in [6, 6.07) is 8.52. The Kier molecular flexibility index (Phi) is 2.14. The van der Waals surface area contributed by atoms with Gasteiger partial charge < -0.3 is 5.32 Å². The first-order valence-electron chi connectivity index (χ1n) is 6.98. The van der Waals surface area contributed by atoms with Crippen LogP contribution in [0.1, 0.15) is 48.8 Å². The van der Waals surface area contributed by atoms with Crippen LogP contribution >= 0.6 is 0 Å². The monoisotopic (exact) mass is 238 g/mol. The molecule has 1 fully saturated rings. The number of hydrogen-bond acceptors (Lipinski definition) is 2. The van der Waals surface area contributed by atoms with Crippen LogP contribution in [0.25, 0.3) is 10.9 Å². The molecule has 0 radical (unpaired) electrons. The van der Waals surface area contributed by atoms with E-state index in [1.54, 1.807) is 0 Å². The molecule has 2 bridgehead atoms. The number of pyridine rings is 1. The number of para-hydroxylation sites is 1. The third-order valence-electron chi connectivity index (χ3n) is 4.73. The van der Waals surface area contributed by atoms with E-state index in [4.69, 9.17) is 4.98 Å².